The second-order valence-corrected chi connectivity index (χ2v) is 4.70. The van der Waals surface area contributed by atoms with Crippen LogP contribution in [0.1, 0.15) is 43.7 Å². The van der Waals surface area contributed by atoms with Crippen molar-refractivity contribution in [3.8, 4) is 11.8 Å². The summed E-state index contributed by atoms with van der Waals surface area (Å²) in [5, 5.41) is 11.9. The Morgan fingerprint density at radius 3 is 2.89 bits per heavy atom. The molecule has 0 unspecified atom stereocenters. The van der Waals surface area contributed by atoms with E-state index >= 15 is 0 Å². The topological polar surface area (TPSA) is 45.0 Å². The van der Waals surface area contributed by atoms with Crippen LogP contribution < -0.4 is 10.1 Å². The Bertz CT molecular complexity index is 410. The van der Waals surface area contributed by atoms with Crippen LogP contribution in [-0.4, -0.2) is 13.2 Å². The van der Waals surface area contributed by atoms with Gasteiger partial charge in [0.1, 0.15) is 5.75 Å². The van der Waals surface area contributed by atoms with E-state index in [1.54, 1.807) is 0 Å². The Balaban J connectivity index is 2.51. The summed E-state index contributed by atoms with van der Waals surface area (Å²) in [6.45, 7) is 6.80. The molecule has 3 heteroatoms. The fraction of sp³-hybridized carbons (Fsp3) is 0.562. The Morgan fingerprint density at radius 1 is 1.32 bits per heavy atom. The third-order valence-electron chi connectivity index (χ3n) is 2.96. The van der Waals surface area contributed by atoms with Gasteiger partial charge in [-0.15, -0.1) is 0 Å². The lowest BCUT2D eigenvalue weighted by Gasteiger charge is -2.14. The molecule has 0 aliphatic rings. The van der Waals surface area contributed by atoms with Gasteiger partial charge in [-0.1, -0.05) is 25.1 Å². The Hall–Kier alpha value is -1.53. The third-order valence-corrected chi connectivity index (χ3v) is 2.96. The molecule has 0 aliphatic carbocycles. The normalized spacial score (nSPS) is 10.2. The van der Waals surface area contributed by atoms with Crippen molar-refractivity contribution in [1.29, 1.82) is 5.26 Å². The molecule has 0 atom stereocenters. The summed E-state index contributed by atoms with van der Waals surface area (Å²) in [6.07, 6.45) is 3.59. The molecular weight excluding hydrogens is 236 g/mol. The molecule has 1 N–H and O–H groups in total. The summed E-state index contributed by atoms with van der Waals surface area (Å²) in [4.78, 5) is 0. The molecule has 0 radical (unpaired) electrons. The van der Waals surface area contributed by atoms with Crippen molar-refractivity contribution in [3.05, 3.63) is 29.3 Å². The fourth-order valence-corrected chi connectivity index (χ4v) is 1.94. The summed E-state index contributed by atoms with van der Waals surface area (Å²) in [7, 11) is 0. The third kappa shape index (κ3) is 5.76. The monoisotopic (exact) mass is 260 g/mol. The summed E-state index contributed by atoms with van der Waals surface area (Å²) in [5.74, 6) is 1.00. The number of rotatable bonds is 9. The van der Waals surface area contributed by atoms with Crippen LogP contribution in [0, 0.1) is 18.3 Å². The van der Waals surface area contributed by atoms with E-state index < -0.39 is 0 Å². The van der Waals surface area contributed by atoms with Gasteiger partial charge in [-0.3, -0.25) is 0 Å². The highest BCUT2D eigenvalue weighted by Crippen LogP contribution is 2.23. The van der Waals surface area contributed by atoms with Crippen molar-refractivity contribution in [1.82, 2.24) is 5.32 Å². The maximum absolute atomic E-state index is 8.49. The van der Waals surface area contributed by atoms with Crippen molar-refractivity contribution < 1.29 is 4.74 Å². The van der Waals surface area contributed by atoms with Gasteiger partial charge in [-0.2, -0.15) is 5.26 Å². The van der Waals surface area contributed by atoms with Crippen LogP contribution in [0.4, 0.5) is 0 Å². The van der Waals surface area contributed by atoms with E-state index in [2.05, 4.69) is 43.4 Å². The number of para-hydroxylation sites is 1. The second kappa shape index (κ2) is 9.41. The number of ether oxygens (including phenoxy) is 1. The van der Waals surface area contributed by atoms with E-state index in [-0.39, 0.29) is 0 Å². The van der Waals surface area contributed by atoms with Gasteiger partial charge in [0.05, 0.1) is 12.7 Å². The quantitative estimate of drug-likeness (QED) is 0.690. The first-order valence-electron chi connectivity index (χ1n) is 7.08. The molecule has 3 nitrogen and oxygen atoms in total. The number of hydrogen-bond donors (Lipinski definition) is 1. The summed E-state index contributed by atoms with van der Waals surface area (Å²) in [5.41, 5.74) is 2.39. The van der Waals surface area contributed by atoms with Crippen LogP contribution in [0.15, 0.2) is 18.2 Å². The van der Waals surface area contributed by atoms with Crippen molar-refractivity contribution in [2.24, 2.45) is 0 Å². The van der Waals surface area contributed by atoms with Crippen molar-refractivity contribution in [2.75, 3.05) is 13.2 Å². The van der Waals surface area contributed by atoms with E-state index in [0.717, 1.165) is 38.1 Å². The molecule has 0 saturated heterocycles. The first-order valence-corrected chi connectivity index (χ1v) is 7.08. The highest BCUT2D eigenvalue weighted by atomic mass is 16.5. The molecule has 19 heavy (non-hydrogen) atoms. The predicted molar refractivity (Wildman–Crippen MR) is 78.1 cm³/mol. The fourth-order valence-electron chi connectivity index (χ4n) is 1.94. The van der Waals surface area contributed by atoms with Gasteiger partial charge in [0.2, 0.25) is 0 Å². The zero-order valence-electron chi connectivity index (χ0n) is 12.0. The van der Waals surface area contributed by atoms with Gasteiger partial charge >= 0.3 is 0 Å². The number of nitrogens with zero attached hydrogens (tertiary/aromatic N) is 1. The second-order valence-electron chi connectivity index (χ2n) is 4.70. The number of nitrogens with one attached hydrogen (secondary N) is 1. The zero-order chi connectivity index (χ0) is 13.9. The molecule has 104 valence electrons. The number of unbranched alkanes of at least 4 members (excludes halogenated alkanes) is 2. The van der Waals surface area contributed by atoms with E-state index in [4.69, 9.17) is 10.00 Å². The lowest BCUT2D eigenvalue weighted by atomic mass is 10.1. The van der Waals surface area contributed by atoms with Crippen molar-refractivity contribution in [2.45, 2.75) is 46.1 Å². The number of benzene rings is 1. The first-order chi connectivity index (χ1) is 9.29. The van der Waals surface area contributed by atoms with Crippen LogP contribution in [0.2, 0.25) is 0 Å². The zero-order valence-corrected chi connectivity index (χ0v) is 12.0. The maximum Gasteiger partial charge on any atom is 0.126 e. The highest BCUT2D eigenvalue weighted by molar-refractivity contribution is 5.40. The largest absolute Gasteiger partial charge is 0.493 e. The number of hydrogen-bond acceptors (Lipinski definition) is 3. The lowest BCUT2D eigenvalue weighted by molar-refractivity contribution is 0.302. The molecule has 0 heterocycles. The Morgan fingerprint density at radius 2 is 2.16 bits per heavy atom. The highest BCUT2D eigenvalue weighted by Gasteiger charge is 2.06. The van der Waals surface area contributed by atoms with Crippen LogP contribution in [-0.2, 0) is 6.54 Å². The molecule has 0 amide bonds. The summed E-state index contributed by atoms with van der Waals surface area (Å²) >= 11 is 0. The molecular formula is C16H24N2O. The average Bonchev–Trinajstić information content (AvgIpc) is 2.41. The van der Waals surface area contributed by atoms with Gasteiger partial charge in [-0.25, -0.2) is 0 Å². The standard InChI is InChI=1S/C16H24N2O/c1-3-11-18-13-15-9-7-8-14(2)16(15)19-12-6-4-5-10-17/h7-9,18H,3-6,11-13H2,1-2H3. The van der Waals surface area contributed by atoms with Crippen LogP contribution in [0.5, 0.6) is 5.75 Å². The smallest absolute Gasteiger partial charge is 0.126 e. The van der Waals surface area contributed by atoms with Crippen molar-refractivity contribution in [3.63, 3.8) is 0 Å². The van der Waals surface area contributed by atoms with Crippen molar-refractivity contribution >= 4 is 0 Å². The summed E-state index contributed by atoms with van der Waals surface area (Å²) < 4.78 is 5.90. The molecule has 1 aromatic rings. The molecule has 1 aromatic carbocycles. The van der Waals surface area contributed by atoms with E-state index in [9.17, 15) is 0 Å². The molecule has 0 aromatic heterocycles. The van der Waals surface area contributed by atoms with Gasteiger partial charge < -0.3 is 10.1 Å². The summed E-state index contributed by atoms with van der Waals surface area (Å²) in [6, 6.07) is 8.42. The minimum atomic E-state index is 0.613. The van der Waals surface area contributed by atoms with Crippen LogP contribution >= 0.6 is 0 Å². The van der Waals surface area contributed by atoms with E-state index in [1.807, 2.05) is 0 Å². The minimum absolute atomic E-state index is 0.613. The van der Waals surface area contributed by atoms with Crippen LogP contribution in [0.3, 0.4) is 0 Å². The van der Waals surface area contributed by atoms with Gasteiger partial charge in [0, 0.05) is 18.5 Å². The Labute approximate surface area is 116 Å². The Kier molecular flexibility index (Phi) is 7.69. The van der Waals surface area contributed by atoms with Gasteiger partial charge in [0.25, 0.3) is 0 Å². The molecule has 1 rings (SSSR count). The van der Waals surface area contributed by atoms with E-state index in [1.165, 1.54) is 11.1 Å². The lowest BCUT2D eigenvalue weighted by Crippen LogP contribution is -2.15. The molecule has 0 bridgehead atoms. The van der Waals surface area contributed by atoms with Crippen LogP contribution in [0.25, 0.3) is 0 Å². The molecule has 0 saturated carbocycles. The molecule has 0 spiro atoms. The van der Waals surface area contributed by atoms with Gasteiger partial charge in [-0.05, 0) is 38.3 Å². The SMILES string of the molecule is CCCNCc1cccc(C)c1OCCCCC#N. The average molecular weight is 260 g/mol. The molecule has 0 aliphatic heterocycles. The van der Waals surface area contributed by atoms with E-state index in [0.29, 0.717) is 13.0 Å². The first kappa shape index (κ1) is 15.5. The minimum Gasteiger partial charge on any atom is -0.493 e. The predicted octanol–water partition coefficient (Wildman–Crippen LogP) is 3.57. The maximum atomic E-state index is 8.49. The van der Waals surface area contributed by atoms with Gasteiger partial charge in [0.15, 0.2) is 0 Å². The number of nitriles is 1. The molecule has 0 fully saturated rings. The number of aryl methyl sites for hydroxylation is 1.